The molecule has 6 heteroatoms. The number of aliphatic hydroxyl groups excluding tert-OH is 1. The first-order chi connectivity index (χ1) is 11.6. The number of aromatic nitrogens is 1. The molecule has 0 aromatic carbocycles. The van der Waals surface area contributed by atoms with Gasteiger partial charge < -0.3 is 10.0 Å². The molecule has 0 unspecified atom stereocenters. The van der Waals surface area contributed by atoms with Gasteiger partial charge in [-0.1, -0.05) is 6.92 Å². The van der Waals surface area contributed by atoms with E-state index in [-0.39, 0.29) is 12.5 Å². The van der Waals surface area contributed by atoms with Gasteiger partial charge in [0.15, 0.2) is 0 Å². The van der Waals surface area contributed by atoms with Crippen LogP contribution in [-0.4, -0.2) is 58.6 Å². The van der Waals surface area contributed by atoms with Crippen molar-refractivity contribution in [3.05, 3.63) is 16.1 Å². The zero-order chi connectivity index (χ0) is 17.0. The van der Waals surface area contributed by atoms with Crippen molar-refractivity contribution in [1.82, 2.24) is 14.8 Å². The number of thiazole rings is 1. The van der Waals surface area contributed by atoms with E-state index in [2.05, 4.69) is 22.2 Å². The Labute approximate surface area is 148 Å². The second-order valence-electron chi connectivity index (χ2n) is 7.25. The third-order valence-electron chi connectivity index (χ3n) is 5.54. The van der Waals surface area contributed by atoms with Gasteiger partial charge in [0.25, 0.3) is 0 Å². The maximum absolute atomic E-state index is 12.1. The van der Waals surface area contributed by atoms with Crippen molar-refractivity contribution in [1.29, 1.82) is 0 Å². The number of nitrogens with zero attached hydrogens (tertiary/aromatic N) is 3. The molecule has 0 bridgehead atoms. The molecule has 3 rings (SSSR count). The van der Waals surface area contributed by atoms with Crippen LogP contribution in [0.5, 0.6) is 0 Å². The summed E-state index contributed by atoms with van der Waals surface area (Å²) in [7, 11) is 0. The highest BCUT2D eigenvalue weighted by Gasteiger charge is 2.40. The van der Waals surface area contributed by atoms with Crippen LogP contribution >= 0.6 is 11.3 Å². The number of aliphatic hydroxyl groups is 1. The minimum Gasteiger partial charge on any atom is -0.396 e. The van der Waals surface area contributed by atoms with Crippen LogP contribution in [0.1, 0.15) is 49.7 Å². The average molecular weight is 352 g/mol. The van der Waals surface area contributed by atoms with Crippen molar-refractivity contribution < 1.29 is 9.90 Å². The molecule has 1 spiro atoms. The molecule has 1 aromatic heterocycles. The molecular formula is C18H29N3O2S. The van der Waals surface area contributed by atoms with Crippen molar-refractivity contribution in [3.63, 3.8) is 0 Å². The number of amides is 1. The van der Waals surface area contributed by atoms with Gasteiger partial charge >= 0.3 is 0 Å². The molecule has 1 amide bonds. The molecule has 5 nitrogen and oxygen atoms in total. The van der Waals surface area contributed by atoms with Crippen molar-refractivity contribution in [3.8, 4) is 0 Å². The highest BCUT2D eigenvalue weighted by molar-refractivity contribution is 7.09. The minimum absolute atomic E-state index is 0.165. The number of aryl methyl sites for hydroxylation is 1. The maximum atomic E-state index is 12.1. The van der Waals surface area contributed by atoms with Crippen LogP contribution in [0.3, 0.4) is 0 Å². The molecule has 1 aromatic rings. The Bertz CT molecular complexity index is 552. The largest absolute Gasteiger partial charge is 0.396 e. The standard InChI is InChI=1S/C18H29N3O2S/c1-2-16-19-15(13-24-16)12-20-9-6-18(7-10-20)5-4-17(23)21(14-18)8-3-11-22/h13,22H,2-12,14H2,1H3. The first-order valence-electron chi connectivity index (χ1n) is 9.18. The zero-order valence-electron chi connectivity index (χ0n) is 14.7. The van der Waals surface area contributed by atoms with Crippen LogP contribution in [0, 0.1) is 5.41 Å². The van der Waals surface area contributed by atoms with Crippen LogP contribution < -0.4 is 0 Å². The molecule has 0 radical (unpaired) electrons. The summed E-state index contributed by atoms with van der Waals surface area (Å²) < 4.78 is 0. The van der Waals surface area contributed by atoms with E-state index in [1.165, 1.54) is 23.5 Å². The first-order valence-corrected chi connectivity index (χ1v) is 10.1. The smallest absolute Gasteiger partial charge is 0.222 e. The van der Waals surface area contributed by atoms with Crippen molar-refractivity contribution >= 4 is 17.2 Å². The lowest BCUT2D eigenvalue weighted by molar-refractivity contribution is -0.139. The number of carbonyl (C=O) groups excluding carboxylic acids is 1. The fourth-order valence-electron chi connectivity index (χ4n) is 3.97. The molecule has 1 N–H and O–H groups in total. The van der Waals surface area contributed by atoms with Gasteiger partial charge in [-0.15, -0.1) is 11.3 Å². The molecule has 3 heterocycles. The lowest BCUT2D eigenvalue weighted by Gasteiger charge is -2.47. The summed E-state index contributed by atoms with van der Waals surface area (Å²) in [5, 5.41) is 12.4. The molecule has 0 atom stereocenters. The Hall–Kier alpha value is -0.980. The first kappa shape index (κ1) is 17.8. The summed E-state index contributed by atoms with van der Waals surface area (Å²) in [5.74, 6) is 0.270. The van der Waals surface area contributed by atoms with Crippen molar-refractivity contribution in [2.24, 2.45) is 5.41 Å². The summed E-state index contributed by atoms with van der Waals surface area (Å²) >= 11 is 1.77. The molecule has 2 fully saturated rings. The van der Waals surface area contributed by atoms with E-state index in [4.69, 9.17) is 5.11 Å². The number of rotatable bonds is 6. The van der Waals surface area contributed by atoms with Crippen LogP contribution in [0.2, 0.25) is 0 Å². The summed E-state index contributed by atoms with van der Waals surface area (Å²) in [4.78, 5) is 21.3. The fourth-order valence-corrected chi connectivity index (χ4v) is 4.71. The van der Waals surface area contributed by atoms with Crippen LogP contribution in [0.25, 0.3) is 0 Å². The molecular weight excluding hydrogens is 322 g/mol. The number of carbonyl (C=O) groups is 1. The summed E-state index contributed by atoms with van der Waals surface area (Å²) in [6, 6.07) is 0. The van der Waals surface area contributed by atoms with E-state index >= 15 is 0 Å². The second kappa shape index (κ2) is 7.93. The fraction of sp³-hybridized carbons (Fsp3) is 0.778. The highest BCUT2D eigenvalue weighted by atomic mass is 32.1. The van der Waals surface area contributed by atoms with Gasteiger partial charge in [0.05, 0.1) is 10.7 Å². The Morgan fingerprint density at radius 3 is 2.79 bits per heavy atom. The summed E-state index contributed by atoms with van der Waals surface area (Å²) in [6.07, 6.45) is 5.76. The normalized spacial score (nSPS) is 21.6. The van der Waals surface area contributed by atoms with E-state index in [0.29, 0.717) is 24.8 Å². The third kappa shape index (κ3) is 4.16. The number of likely N-dealkylation sites (tertiary alicyclic amines) is 2. The van der Waals surface area contributed by atoms with E-state index in [0.717, 1.165) is 39.0 Å². The van der Waals surface area contributed by atoms with Gasteiger partial charge in [0, 0.05) is 38.0 Å². The van der Waals surface area contributed by atoms with Crippen LogP contribution in [0.15, 0.2) is 5.38 Å². The molecule has 24 heavy (non-hydrogen) atoms. The average Bonchev–Trinajstić information content (AvgIpc) is 3.06. The van der Waals surface area contributed by atoms with E-state index in [9.17, 15) is 4.79 Å². The molecule has 2 saturated heterocycles. The van der Waals surface area contributed by atoms with Crippen LogP contribution in [0.4, 0.5) is 0 Å². The van der Waals surface area contributed by atoms with Gasteiger partial charge in [-0.25, -0.2) is 4.98 Å². The minimum atomic E-state index is 0.165. The quantitative estimate of drug-likeness (QED) is 0.854. The Balaban J connectivity index is 1.52. The van der Waals surface area contributed by atoms with Gasteiger partial charge in [-0.3, -0.25) is 9.69 Å². The summed E-state index contributed by atoms with van der Waals surface area (Å²) in [5.41, 5.74) is 1.51. The lowest BCUT2D eigenvalue weighted by Crippen LogP contribution is -2.51. The van der Waals surface area contributed by atoms with Crippen molar-refractivity contribution in [2.75, 3.05) is 32.8 Å². The lowest BCUT2D eigenvalue weighted by atomic mass is 9.72. The number of piperidine rings is 2. The topological polar surface area (TPSA) is 56.7 Å². The molecule has 0 aliphatic carbocycles. The second-order valence-corrected chi connectivity index (χ2v) is 8.20. The SMILES string of the molecule is CCc1nc(CN2CCC3(CCC(=O)N(CCCO)C3)CC2)cs1. The predicted octanol–water partition coefficient (Wildman–Crippen LogP) is 2.29. The monoisotopic (exact) mass is 351 g/mol. The van der Waals surface area contributed by atoms with E-state index < -0.39 is 0 Å². The highest BCUT2D eigenvalue weighted by Crippen LogP contribution is 2.40. The summed E-state index contributed by atoms with van der Waals surface area (Å²) in [6.45, 7) is 7.07. The molecule has 2 aliphatic heterocycles. The maximum Gasteiger partial charge on any atom is 0.222 e. The van der Waals surface area contributed by atoms with Gasteiger partial charge in [0.2, 0.25) is 5.91 Å². The van der Waals surface area contributed by atoms with Crippen molar-refractivity contribution in [2.45, 2.75) is 52.0 Å². The molecule has 0 saturated carbocycles. The van der Waals surface area contributed by atoms with Crippen LogP contribution in [-0.2, 0) is 17.8 Å². The van der Waals surface area contributed by atoms with E-state index in [1.807, 2.05) is 4.90 Å². The Kier molecular flexibility index (Phi) is 5.89. The molecule has 134 valence electrons. The number of hydrogen-bond acceptors (Lipinski definition) is 5. The third-order valence-corrected chi connectivity index (χ3v) is 6.58. The van der Waals surface area contributed by atoms with Gasteiger partial charge in [-0.05, 0) is 50.6 Å². The van der Waals surface area contributed by atoms with Gasteiger partial charge in [-0.2, -0.15) is 0 Å². The predicted molar refractivity (Wildman–Crippen MR) is 96.0 cm³/mol. The Morgan fingerprint density at radius 2 is 2.12 bits per heavy atom. The zero-order valence-corrected chi connectivity index (χ0v) is 15.5. The number of hydrogen-bond donors (Lipinski definition) is 1. The van der Waals surface area contributed by atoms with Gasteiger partial charge in [0.1, 0.15) is 0 Å². The Morgan fingerprint density at radius 1 is 1.33 bits per heavy atom. The van der Waals surface area contributed by atoms with E-state index in [1.54, 1.807) is 11.3 Å². The molecule has 2 aliphatic rings.